The fourth-order valence-electron chi connectivity index (χ4n) is 2.03. The predicted molar refractivity (Wildman–Crippen MR) is 79.7 cm³/mol. The van der Waals surface area contributed by atoms with E-state index < -0.39 is 17.8 Å². The zero-order valence-electron chi connectivity index (χ0n) is 12.6. The van der Waals surface area contributed by atoms with Gasteiger partial charge in [-0.05, 0) is 30.7 Å². The number of nitrogens with one attached hydrogen (secondary N) is 1. The van der Waals surface area contributed by atoms with E-state index in [2.05, 4.69) is 15.5 Å². The molecule has 23 heavy (non-hydrogen) atoms. The van der Waals surface area contributed by atoms with Crippen molar-refractivity contribution in [1.82, 2.24) is 20.3 Å². The fraction of sp³-hybridized carbons (Fsp3) is 0.333. The maximum atomic E-state index is 12.9. The van der Waals surface area contributed by atoms with E-state index in [9.17, 15) is 14.0 Å². The lowest BCUT2D eigenvalue weighted by molar-refractivity contribution is -0.141. The molecule has 7 nitrogen and oxygen atoms in total. The first kappa shape index (κ1) is 16.6. The Labute approximate surface area is 132 Å². The Morgan fingerprint density at radius 3 is 2.65 bits per heavy atom. The van der Waals surface area contributed by atoms with Gasteiger partial charge >= 0.3 is 5.97 Å². The number of hydrogen-bond donors (Lipinski definition) is 2. The summed E-state index contributed by atoms with van der Waals surface area (Å²) in [6, 6.07) is 5.50. The number of benzene rings is 1. The molecule has 0 spiro atoms. The van der Waals surface area contributed by atoms with Gasteiger partial charge < -0.3 is 10.4 Å². The van der Waals surface area contributed by atoms with Gasteiger partial charge in [0.2, 0.25) is 0 Å². The van der Waals surface area contributed by atoms with Crippen LogP contribution in [0.5, 0.6) is 0 Å². The molecular weight excluding hydrogens is 303 g/mol. The molecule has 0 fully saturated rings. The van der Waals surface area contributed by atoms with Gasteiger partial charge in [0.25, 0.3) is 5.91 Å². The van der Waals surface area contributed by atoms with Crippen LogP contribution < -0.4 is 5.32 Å². The van der Waals surface area contributed by atoms with Crippen LogP contribution in [0.3, 0.4) is 0 Å². The number of carbonyl (C=O) groups excluding carboxylic acids is 1. The minimum atomic E-state index is -0.942. The number of amides is 1. The molecule has 2 N–H and O–H groups in total. The molecule has 1 aromatic carbocycles. The Kier molecular flexibility index (Phi) is 5.40. The topological polar surface area (TPSA) is 97.1 Å². The molecule has 1 heterocycles. The summed E-state index contributed by atoms with van der Waals surface area (Å²) < 4.78 is 12.9. The number of nitrogens with zero attached hydrogens (tertiary/aromatic N) is 3. The first-order valence-corrected chi connectivity index (χ1v) is 7.20. The van der Waals surface area contributed by atoms with Crippen molar-refractivity contribution in [3.05, 3.63) is 42.0 Å². The van der Waals surface area contributed by atoms with Gasteiger partial charge in [-0.2, -0.15) is 9.90 Å². The zero-order valence-corrected chi connectivity index (χ0v) is 12.6. The zero-order chi connectivity index (χ0) is 16.8. The van der Waals surface area contributed by atoms with Crippen molar-refractivity contribution in [2.45, 2.75) is 19.8 Å². The lowest BCUT2D eigenvalue weighted by Gasteiger charge is -2.11. The standard InChI is InChI=1S/C15H17FN4O3/c1-2-3-10(15(22)23)8-17-14(21)13-9-18-20(19-13)12-6-4-11(16)5-7-12/h4-7,9-10H,2-3,8H2,1H3,(H,17,21)(H,22,23). The first-order chi connectivity index (χ1) is 11.0. The van der Waals surface area contributed by atoms with E-state index in [1.165, 1.54) is 35.3 Å². The normalized spacial score (nSPS) is 11.9. The number of carboxylic acids is 1. The van der Waals surface area contributed by atoms with E-state index in [-0.39, 0.29) is 18.1 Å². The monoisotopic (exact) mass is 320 g/mol. The predicted octanol–water partition coefficient (Wildman–Crippen LogP) is 1.64. The van der Waals surface area contributed by atoms with Crippen LogP contribution in [0.2, 0.25) is 0 Å². The van der Waals surface area contributed by atoms with E-state index in [1.54, 1.807) is 0 Å². The SMILES string of the molecule is CCCC(CNC(=O)c1cnn(-c2ccc(F)cc2)n1)C(=O)O. The highest BCUT2D eigenvalue weighted by molar-refractivity contribution is 5.92. The fourth-order valence-corrected chi connectivity index (χ4v) is 2.03. The molecular formula is C15H17FN4O3. The van der Waals surface area contributed by atoms with E-state index >= 15 is 0 Å². The van der Waals surface area contributed by atoms with Gasteiger partial charge in [0.05, 0.1) is 17.8 Å². The van der Waals surface area contributed by atoms with Crippen LogP contribution in [0.15, 0.2) is 30.5 Å². The van der Waals surface area contributed by atoms with Crippen molar-refractivity contribution in [3.63, 3.8) is 0 Å². The molecule has 122 valence electrons. The van der Waals surface area contributed by atoms with Gasteiger partial charge in [0.15, 0.2) is 5.69 Å². The molecule has 0 radical (unpaired) electrons. The summed E-state index contributed by atoms with van der Waals surface area (Å²) in [5.41, 5.74) is 0.579. The lowest BCUT2D eigenvalue weighted by Crippen LogP contribution is -2.33. The number of aromatic nitrogens is 3. The van der Waals surface area contributed by atoms with Crippen LogP contribution in [-0.2, 0) is 4.79 Å². The molecule has 0 aliphatic rings. The summed E-state index contributed by atoms with van der Waals surface area (Å²) >= 11 is 0. The number of carbonyl (C=O) groups is 2. The van der Waals surface area contributed by atoms with Crippen molar-refractivity contribution in [1.29, 1.82) is 0 Å². The molecule has 0 saturated carbocycles. The lowest BCUT2D eigenvalue weighted by atomic mass is 10.0. The molecule has 1 unspecified atom stereocenters. The second-order valence-corrected chi connectivity index (χ2v) is 5.03. The van der Waals surface area contributed by atoms with Gasteiger partial charge in [-0.3, -0.25) is 9.59 Å². The van der Waals surface area contributed by atoms with Crippen molar-refractivity contribution in [2.24, 2.45) is 5.92 Å². The van der Waals surface area contributed by atoms with Gasteiger partial charge in [0.1, 0.15) is 5.82 Å². The van der Waals surface area contributed by atoms with Crippen LogP contribution in [-0.4, -0.2) is 38.5 Å². The Morgan fingerprint density at radius 1 is 1.35 bits per heavy atom. The maximum absolute atomic E-state index is 12.9. The number of carboxylic acid groups (broad SMARTS) is 1. The first-order valence-electron chi connectivity index (χ1n) is 7.20. The summed E-state index contributed by atoms with van der Waals surface area (Å²) in [6.45, 7) is 1.91. The molecule has 2 aromatic rings. The Balaban J connectivity index is 2.01. The summed E-state index contributed by atoms with van der Waals surface area (Å²) in [5, 5.41) is 19.5. The van der Waals surface area contributed by atoms with Crippen LogP contribution in [0.4, 0.5) is 4.39 Å². The van der Waals surface area contributed by atoms with Gasteiger partial charge in [-0.25, -0.2) is 4.39 Å². The molecule has 1 atom stereocenters. The average molecular weight is 320 g/mol. The van der Waals surface area contributed by atoms with E-state index in [0.29, 0.717) is 18.5 Å². The molecule has 0 saturated heterocycles. The van der Waals surface area contributed by atoms with E-state index in [0.717, 1.165) is 0 Å². The Bertz CT molecular complexity index is 684. The average Bonchev–Trinajstić information content (AvgIpc) is 3.01. The minimum absolute atomic E-state index is 0.0331. The second-order valence-electron chi connectivity index (χ2n) is 5.03. The van der Waals surface area contributed by atoms with E-state index in [1.807, 2.05) is 6.92 Å². The van der Waals surface area contributed by atoms with Crippen LogP contribution >= 0.6 is 0 Å². The number of rotatable bonds is 7. The molecule has 0 aliphatic heterocycles. The van der Waals surface area contributed by atoms with Gasteiger partial charge in [0, 0.05) is 6.54 Å². The summed E-state index contributed by atoms with van der Waals surface area (Å²) in [6.07, 6.45) is 2.47. The number of halogens is 1. The Hall–Kier alpha value is -2.77. The van der Waals surface area contributed by atoms with Gasteiger partial charge in [-0.1, -0.05) is 13.3 Å². The molecule has 1 aromatic heterocycles. The largest absolute Gasteiger partial charge is 0.481 e. The van der Waals surface area contributed by atoms with Crippen molar-refractivity contribution >= 4 is 11.9 Å². The second kappa shape index (κ2) is 7.48. The smallest absolute Gasteiger partial charge is 0.308 e. The van der Waals surface area contributed by atoms with Crippen molar-refractivity contribution in [3.8, 4) is 5.69 Å². The third kappa shape index (κ3) is 4.35. The molecule has 1 amide bonds. The molecule has 2 rings (SSSR count). The highest BCUT2D eigenvalue weighted by Gasteiger charge is 2.19. The quantitative estimate of drug-likeness (QED) is 0.808. The highest BCUT2D eigenvalue weighted by atomic mass is 19.1. The van der Waals surface area contributed by atoms with E-state index in [4.69, 9.17) is 5.11 Å². The maximum Gasteiger partial charge on any atom is 0.308 e. The van der Waals surface area contributed by atoms with Crippen LogP contribution in [0.25, 0.3) is 5.69 Å². The van der Waals surface area contributed by atoms with Crippen molar-refractivity contribution in [2.75, 3.05) is 6.54 Å². The molecule has 0 bridgehead atoms. The van der Waals surface area contributed by atoms with Crippen LogP contribution in [0.1, 0.15) is 30.3 Å². The summed E-state index contributed by atoms with van der Waals surface area (Å²) in [4.78, 5) is 24.2. The third-order valence-electron chi connectivity index (χ3n) is 3.28. The number of aliphatic carboxylic acids is 1. The highest BCUT2D eigenvalue weighted by Crippen LogP contribution is 2.08. The van der Waals surface area contributed by atoms with Crippen LogP contribution in [0, 0.1) is 11.7 Å². The molecule has 8 heteroatoms. The Morgan fingerprint density at radius 2 is 2.04 bits per heavy atom. The summed E-state index contributed by atoms with van der Waals surface area (Å²) in [5.74, 6) is -2.45. The minimum Gasteiger partial charge on any atom is -0.481 e. The van der Waals surface area contributed by atoms with Gasteiger partial charge in [-0.15, -0.1) is 5.10 Å². The third-order valence-corrected chi connectivity index (χ3v) is 3.28. The number of hydrogen-bond acceptors (Lipinski definition) is 4. The summed E-state index contributed by atoms with van der Waals surface area (Å²) in [7, 11) is 0. The molecule has 0 aliphatic carbocycles. The van der Waals surface area contributed by atoms with Crippen molar-refractivity contribution < 1.29 is 19.1 Å².